The summed E-state index contributed by atoms with van der Waals surface area (Å²) < 4.78 is 1.51. The fourth-order valence-corrected chi connectivity index (χ4v) is 3.10. The molecule has 0 unspecified atom stereocenters. The molecule has 1 N–H and O–H groups in total. The number of hydrogen-bond acceptors (Lipinski definition) is 3. The highest BCUT2D eigenvalue weighted by molar-refractivity contribution is 6.31. The molecule has 0 saturated heterocycles. The molecule has 0 bridgehead atoms. The van der Waals surface area contributed by atoms with E-state index < -0.39 is 6.09 Å². The average molecular weight is 363 g/mol. The van der Waals surface area contributed by atoms with Gasteiger partial charge in [-0.1, -0.05) is 29.3 Å². The quantitative estimate of drug-likeness (QED) is 0.683. The molecule has 1 aromatic carbocycles. The number of aromatic nitrogens is 3. The van der Waals surface area contributed by atoms with Crippen LogP contribution in [0.5, 0.6) is 0 Å². The molecule has 6 nitrogen and oxygen atoms in total. The van der Waals surface area contributed by atoms with Gasteiger partial charge in [-0.15, -0.1) is 0 Å². The van der Waals surface area contributed by atoms with Crippen molar-refractivity contribution in [1.82, 2.24) is 14.6 Å². The van der Waals surface area contributed by atoms with Gasteiger partial charge in [-0.3, -0.25) is 0 Å². The van der Waals surface area contributed by atoms with Crippen molar-refractivity contribution in [2.75, 3.05) is 4.90 Å². The summed E-state index contributed by atoms with van der Waals surface area (Å²) in [4.78, 5) is 17.3. The first-order chi connectivity index (χ1) is 11.5. The predicted molar refractivity (Wildman–Crippen MR) is 91.6 cm³/mol. The molecule has 8 heteroatoms. The maximum atomic E-state index is 11.9. The molecule has 4 rings (SSSR count). The lowest BCUT2D eigenvalue weighted by Crippen LogP contribution is -2.26. The Hall–Kier alpha value is -2.31. The van der Waals surface area contributed by atoms with Crippen molar-refractivity contribution in [3.63, 3.8) is 0 Å². The molecule has 0 atom stereocenters. The Morgan fingerprint density at radius 2 is 2.08 bits per heavy atom. The predicted octanol–water partition coefficient (Wildman–Crippen LogP) is 4.73. The summed E-state index contributed by atoms with van der Waals surface area (Å²) in [6.45, 7) is 0. The van der Waals surface area contributed by atoms with Crippen LogP contribution >= 0.6 is 23.2 Å². The molecular formula is C16H12Cl2N4O2. The van der Waals surface area contributed by atoms with Crippen LogP contribution in [0.25, 0.3) is 5.65 Å². The van der Waals surface area contributed by atoms with Crippen LogP contribution in [0.3, 0.4) is 0 Å². The normalized spacial score (nSPS) is 14.1. The van der Waals surface area contributed by atoms with Crippen LogP contribution < -0.4 is 4.90 Å². The summed E-state index contributed by atoms with van der Waals surface area (Å²) in [6.07, 6.45) is 2.74. The highest BCUT2D eigenvalue weighted by atomic mass is 35.5. The van der Waals surface area contributed by atoms with Gasteiger partial charge in [-0.2, -0.15) is 9.61 Å². The van der Waals surface area contributed by atoms with E-state index in [1.54, 1.807) is 30.5 Å². The summed E-state index contributed by atoms with van der Waals surface area (Å²) >= 11 is 12.2. The number of carbonyl (C=O) groups is 1. The van der Waals surface area contributed by atoms with E-state index in [1.807, 2.05) is 0 Å². The highest BCUT2D eigenvalue weighted by Crippen LogP contribution is 2.42. The largest absolute Gasteiger partial charge is 0.464 e. The molecule has 0 aliphatic heterocycles. The van der Waals surface area contributed by atoms with Gasteiger partial charge in [0.25, 0.3) is 0 Å². The van der Waals surface area contributed by atoms with Crippen LogP contribution in [0.2, 0.25) is 10.2 Å². The van der Waals surface area contributed by atoms with E-state index in [1.165, 1.54) is 10.6 Å². The van der Waals surface area contributed by atoms with Crippen LogP contribution in [0, 0.1) is 0 Å². The maximum Gasteiger partial charge on any atom is 0.417 e. The number of fused-ring (bicyclic) bond motifs is 1. The van der Waals surface area contributed by atoms with E-state index >= 15 is 0 Å². The van der Waals surface area contributed by atoms with E-state index in [2.05, 4.69) is 10.1 Å². The van der Waals surface area contributed by atoms with Gasteiger partial charge in [0.2, 0.25) is 0 Å². The zero-order chi connectivity index (χ0) is 16.8. The lowest BCUT2D eigenvalue weighted by molar-refractivity contribution is 0.204. The zero-order valence-electron chi connectivity index (χ0n) is 12.4. The standard InChI is InChI=1S/C16H12Cl2N4O2/c17-10-2-1-3-11(6-10)21(16(23)24)14-7-13(18)20-15-12(9-4-5-9)8-19-22(14)15/h1-3,6-9H,4-5H2,(H,23,24). The Morgan fingerprint density at radius 1 is 1.29 bits per heavy atom. The Kier molecular flexibility index (Phi) is 3.58. The lowest BCUT2D eigenvalue weighted by Gasteiger charge is -2.20. The van der Waals surface area contributed by atoms with Gasteiger partial charge in [0.1, 0.15) is 11.0 Å². The second-order valence-corrected chi connectivity index (χ2v) is 6.47. The van der Waals surface area contributed by atoms with E-state index in [9.17, 15) is 9.90 Å². The van der Waals surface area contributed by atoms with E-state index in [0.717, 1.165) is 23.3 Å². The summed E-state index contributed by atoms with van der Waals surface area (Å²) in [5.41, 5.74) is 1.99. The monoisotopic (exact) mass is 362 g/mol. The topological polar surface area (TPSA) is 70.7 Å². The van der Waals surface area contributed by atoms with Gasteiger partial charge in [-0.05, 0) is 37.0 Å². The van der Waals surface area contributed by atoms with Gasteiger partial charge in [0.15, 0.2) is 5.65 Å². The van der Waals surface area contributed by atoms with Crippen molar-refractivity contribution in [2.45, 2.75) is 18.8 Å². The SMILES string of the molecule is O=C(O)N(c1cccc(Cl)c1)c1cc(Cl)nc2c(C3CC3)cnn12. The van der Waals surface area contributed by atoms with Crippen LogP contribution in [-0.2, 0) is 0 Å². The minimum atomic E-state index is -1.16. The number of amides is 1. The second kappa shape index (κ2) is 5.65. The third kappa shape index (κ3) is 2.57. The minimum Gasteiger partial charge on any atom is -0.464 e. The van der Waals surface area contributed by atoms with Crippen LogP contribution in [0.15, 0.2) is 36.5 Å². The third-order valence-corrected chi connectivity index (χ3v) is 4.38. The first-order valence-electron chi connectivity index (χ1n) is 7.37. The first kappa shape index (κ1) is 15.2. The number of anilines is 2. The van der Waals surface area contributed by atoms with Gasteiger partial charge < -0.3 is 5.11 Å². The molecule has 1 aliphatic rings. The van der Waals surface area contributed by atoms with Crippen molar-refractivity contribution in [3.8, 4) is 0 Å². The molecule has 2 heterocycles. The fraction of sp³-hybridized carbons (Fsp3) is 0.188. The van der Waals surface area contributed by atoms with Gasteiger partial charge in [0, 0.05) is 16.7 Å². The van der Waals surface area contributed by atoms with E-state index in [-0.39, 0.29) is 5.15 Å². The van der Waals surface area contributed by atoms with Crippen LogP contribution in [0.1, 0.15) is 24.3 Å². The summed E-state index contributed by atoms with van der Waals surface area (Å²) in [6, 6.07) is 8.07. The van der Waals surface area contributed by atoms with Crippen molar-refractivity contribution in [1.29, 1.82) is 0 Å². The van der Waals surface area contributed by atoms with Crippen LogP contribution in [-0.4, -0.2) is 25.8 Å². The van der Waals surface area contributed by atoms with E-state index in [0.29, 0.717) is 28.1 Å². The maximum absolute atomic E-state index is 11.9. The number of nitrogens with zero attached hydrogens (tertiary/aromatic N) is 4. The van der Waals surface area contributed by atoms with Crippen molar-refractivity contribution in [2.24, 2.45) is 0 Å². The van der Waals surface area contributed by atoms with Gasteiger partial charge >= 0.3 is 6.09 Å². The molecule has 1 amide bonds. The van der Waals surface area contributed by atoms with Gasteiger partial charge in [0.05, 0.1) is 11.9 Å². The highest BCUT2D eigenvalue weighted by Gasteiger charge is 2.30. The third-order valence-electron chi connectivity index (χ3n) is 3.95. The Bertz CT molecular complexity index is 952. The Balaban J connectivity index is 1.94. The molecule has 0 radical (unpaired) electrons. The van der Waals surface area contributed by atoms with Crippen molar-refractivity contribution in [3.05, 3.63) is 52.3 Å². The first-order valence-corrected chi connectivity index (χ1v) is 8.13. The minimum absolute atomic E-state index is 0.216. The van der Waals surface area contributed by atoms with Gasteiger partial charge in [-0.25, -0.2) is 14.7 Å². The zero-order valence-corrected chi connectivity index (χ0v) is 13.9. The molecule has 3 aromatic rings. The Morgan fingerprint density at radius 3 is 2.75 bits per heavy atom. The fourth-order valence-electron chi connectivity index (χ4n) is 2.73. The molecular weight excluding hydrogens is 351 g/mol. The molecule has 0 spiro atoms. The average Bonchev–Trinajstić information content (AvgIpc) is 3.27. The molecule has 24 heavy (non-hydrogen) atoms. The summed E-state index contributed by atoms with van der Waals surface area (Å²) in [7, 11) is 0. The molecule has 1 fully saturated rings. The summed E-state index contributed by atoms with van der Waals surface area (Å²) in [5, 5.41) is 14.7. The molecule has 2 aromatic heterocycles. The number of rotatable bonds is 3. The molecule has 1 aliphatic carbocycles. The van der Waals surface area contributed by atoms with Crippen molar-refractivity contribution >= 4 is 46.4 Å². The number of halogens is 2. The lowest BCUT2D eigenvalue weighted by atomic mass is 10.2. The van der Waals surface area contributed by atoms with Crippen molar-refractivity contribution < 1.29 is 9.90 Å². The van der Waals surface area contributed by atoms with Crippen LogP contribution in [0.4, 0.5) is 16.3 Å². The van der Waals surface area contributed by atoms with E-state index in [4.69, 9.17) is 23.2 Å². The second-order valence-electron chi connectivity index (χ2n) is 5.64. The molecule has 1 saturated carbocycles. The molecule has 122 valence electrons. The number of carboxylic acid groups (broad SMARTS) is 1. The smallest absolute Gasteiger partial charge is 0.417 e. The number of hydrogen-bond donors (Lipinski definition) is 1. The summed E-state index contributed by atoms with van der Waals surface area (Å²) in [5.74, 6) is 0.720. The number of benzene rings is 1. The Labute approximate surface area is 147 Å².